The smallest absolute Gasteiger partial charge is 0.341 e. The monoisotopic (exact) mass is 719 g/mol. The summed E-state index contributed by atoms with van der Waals surface area (Å²) in [5.41, 5.74) is 0.356. The number of ether oxygens (including phenoxy) is 6. The summed E-state index contributed by atoms with van der Waals surface area (Å²) < 4.78 is 37.1. The molecule has 14 nitrogen and oxygen atoms in total. The predicted octanol–water partition coefficient (Wildman–Crippen LogP) is 0.837. The van der Waals surface area contributed by atoms with Gasteiger partial charge in [-0.25, -0.2) is 4.79 Å². The van der Waals surface area contributed by atoms with Crippen molar-refractivity contribution in [1.29, 1.82) is 0 Å². The van der Waals surface area contributed by atoms with Crippen LogP contribution in [0.2, 0.25) is 0 Å². The lowest BCUT2D eigenvalue weighted by Crippen LogP contribution is -2.76. The maximum Gasteiger partial charge on any atom is 0.341 e. The Morgan fingerprint density at radius 3 is 2.12 bits per heavy atom. The van der Waals surface area contributed by atoms with E-state index in [0.29, 0.717) is 6.42 Å². The minimum absolute atomic E-state index is 0.254. The standard InChI is InChI=1S/C37H53NO13/c1-12-18-21(35(9)36(10,45)31(44)51-37(35)28(12)50-37)23(41)19-17-20(26(46-13(2)39)29(34(18,19)8)47-14(3)40)33(7)15(11-16-24(48-16)27(33)42)22(38)25(17)49-30(43)32(4,5)6/h12,15-29,41-42,45H,11,38H2,1-10H3/t12-,15+,16-,17?,18-,19+,20?,21-,22-,23+,24-,25+,26-,27-,28+,29-,33-,34+,35-,36+,37-/m0/s1. The van der Waals surface area contributed by atoms with Crippen LogP contribution in [0, 0.1) is 63.1 Å². The number of aliphatic hydroxyl groups excluding tert-OH is 2. The number of rotatable bonds is 3. The van der Waals surface area contributed by atoms with Gasteiger partial charge in [0.25, 0.3) is 0 Å². The normalized spacial score (nSPS) is 58.6. The summed E-state index contributed by atoms with van der Waals surface area (Å²) in [5, 5.41) is 37.2. The largest absolute Gasteiger partial charge is 0.460 e. The molecule has 0 amide bonds. The fourth-order valence-corrected chi connectivity index (χ4v) is 13.3. The Morgan fingerprint density at radius 1 is 0.902 bits per heavy atom. The van der Waals surface area contributed by atoms with Crippen LogP contribution in [0.1, 0.15) is 75.7 Å². The first-order valence-corrected chi connectivity index (χ1v) is 18.4. The summed E-state index contributed by atoms with van der Waals surface area (Å²) in [4.78, 5) is 53.6. The fraction of sp³-hybridized carbons (Fsp3) is 0.892. The molecule has 8 rings (SSSR count). The van der Waals surface area contributed by atoms with Crippen molar-refractivity contribution in [3.63, 3.8) is 0 Å². The molecule has 284 valence electrons. The van der Waals surface area contributed by atoms with Crippen LogP contribution in [0.15, 0.2) is 0 Å². The molecule has 1 spiro atoms. The van der Waals surface area contributed by atoms with Crippen LogP contribution in [0.3, 0.4) is 0 Å². The first-order valence-electron chi connectivity index (χ1n) is 18.4. The minimum atomic E-state index is -2.09. The van der Waals surface area contributed by atoms with E-state index in [1.807, 2.05) is 20.8 Å². The number of aliphatic hydroxyl groups is 3. The lowest BCUT2D eigenvalue weighted by molar-refractivity contribution is -0.286. The maximum absolute atomic E-state index is 13.9. The number of nitrogens with two attached hydrogens (primary N) is 1. The van der Waals surface area contributed by atoms with E-state index in [0.717, 1.165) is 0 Å². The molecule has 5 saturated carbocycles. The molecule has 2 unspecified atom stereocenters. The second kappa shape index (κ2) is 10.2. The number of esters is 4. The highest BCUT2D eigenvalue weighted by Crippen LogP contribution is 2.80. The van der Waals surface area contributed by atoms with E-state index in [2.05, 4.69) is 0 Å². The van der Waals surface area contributed by atoms with Crippen LogP contribution in [-0.4, -0.2) is 105 Å². The van der Waals surface area contributed by atoms with Crippen LogP contribution in [0.25, 0.3) is 0 Å². The van der Waals surface area contributed by atoms with Gasteiger partial charge < -0.3 is 49.5 Å². The molecule has 51 heavy (non-hydrogen) atoms. The second-order valence-corrected chi connectivity index (χ2v) is 18.9. The molecular weight excluding hydrogens is 666 g/mol. The lowest BCUT2D eigenvalue weighted by atomic mass is 9.40. The first-order chi connectivity index (χ1) is 23.4. The van der Waals surface area contributed by atoms with Crippen molar-refractivity contribution >= 4 is 23.9 Å². The van der Waals surface area contributed by atoms with E-state index in [-0.39, 0.29) is 6.10 Å². The third kappa shape index (κ3) is 3.99. The Hall–Kier alpha value is -2.36. The quantitative estimate of drug-likeness (QED) is 0.181. The van der Waals surface area contributed by atoms with E-state index < -0.39 is 147 Å². The summed E-state index contributed by atoms with van der Waals surface area (Å²) in [6.45, 7) is 16.5. The first kappa shape index (κ1) is 35.7. The van der Waals surface area contributed by atoms with Crippen molar-refractivity contribution < 1.29 is 62.9 Å². The molecule has 0 aromatic rings. The van der Waals surface area contributed by atoms with E-state index >= 15 is 0 Å². The highest BCUT2D eigenvalue weighted by Gasteiger charge is 2.93. The number of hydrogen-bond acceptors (Lipinski definition) is 14. The molecule has 5 N–H and O–H groups in total. The molecule has 0 aromatic carbocycles. The Balaban J connectivity index is 1.40. The Labute approximate surface area is 297 Å². The second-order valence-electron chi connectivity index (χ2n) is 18.9. The average Bonchev–Trinajstić information content (AvgIpc) is 3.92. The number of epoxide rings is 2. The van der Waals surface area contributed by atoms with Gasteiger partial charge in [0, 0.05) is 54.4 Å². The molecule has 0 aromatic heterocycles. The SMILES string of the molecule is CC(=O)O[C@H]1C2C([C@@H](OC(=O)C(C)(C)C)[C@@H](N)[C@H]3C[C@@H]4O[C@@H]4[C@H](O)[C@]23C)[C@@H]2[C@@H](O)[C@@H]3[C@H]([C@H](C)[C@H]4O[C@]45OC(=O)[C@@](C)(O)[C@]35C)[C@@]2(C)[C@H]1OC(C)=O. The zero-order chi connectivity index (χ0) is 37.5. The van der Waals surface area contributed by atoms with Gasteiger partial charge in [-0.2, -0.15) is 0 Å². The Kier molecular flexibility index (Phi) is 7.15. The van der Waals surface area contributed by atoms with Gasteiger partial charge in [-0.1, -0.05) is 20.8 Å². The molecule has 5 aliphatic carbocycles. The van der Waals surface area contributed by atoms with E-state index in [4.69, 9.17) is 34.2 Å². The van der Waals surface area contributed by atoms with Crippen LogP contribution >= 0.6 is 0 Å². The summed E-state index contributed by atoms with van der Waals surface area (Å²) in [6.07, 6.45) is -6.76. The van der Waals surface area contributed by atoms with Gasteiger partial charge in [0.1, 0.15) is 30.5 Å². The van der Waals surface area contributed by atoms with Crippen molar-refractivity contribution in [1.82, 2.24) is 0 Å². The number of fused-ring (bicyclic) bond motifs is 9. The summed E-state index contributed by atoms with van der Waals surface area (Å²) in [5.74, 6) is -9.17. The van der Waals surface area contributed by atoms with Gasteiger partial charge in [0.15, 0.2) is 5.60 Å². The van der Waals surface area contributed by atoms with E-state index in [9.17, 15) is 34.5 Å². The highest BCUT2D eigenvalue weighted by atomic mass is 16.8. The van der Waals surface area contributed by atoms with Crippen molar-refractivity contribution in [2.45, 2.75) is 142 Å². The van der Waals surface area contributed by atoms with Gasteiger partial charge in [-0.3, -0.25) is 14.4 Å². The molecule has 3 aliphatic heterocycles. The molecular formula is C37H53NO13. The zero-order valence-electron chi connectivity index (χ0n) is 30.9. The summed E-state index contributed by atoms with van der Waals surface area (Å²) in [6, 6.07) is -0.833. The van der Waals surface area contributed by atoms with Crippen LogP contribution in [-0.2, 0) is 47.6 Å². The van der Waals surface area contributed by atoms with Crippen LogP contribution in [0.4, 0.5) is 0 Å². The third-order valence-electron chi connectivity index (χ3n) is 15.6. The topological polar surface area (TPSA) is 217 Å². The van der Waals surface area contributed by atoms with Gasteiger partial charge >= 0.3 is 23.9 Å². The molecule has 3 saturated heterocycles. The van der Waals surface area contributed by atoms with Gasteiger partial charge in [0.2, 0.25) is 5.79 Å². The number of hydrogen-bond donors (Lipinski definition) is 4. The molecule has 21 atom stereocenters. The third-order valence-corrected chi connectivity index (χ3v) is 15.6. The molecule has 8 aliphatic rings. The molecule has 0 bridgehead atoms. The fourth-order valence-electron chi connectivity index (χ4n) is 13.3. The average molecular weight is 720 g/mol. The van der Waals surface area contributed by atoms with Gasteiger partial charge in [0.05, 0.1) is 29.1 Å². The number of carbonyl (C=O) groups is 4. The maximum atomic E-state index is 13.9. The lowest BCUT2D eigenvalue weighted by Gasteiger charge is -2.67. The van der Waals surface area contributed by atoms with Crippen molar-refractivity contribution in [2.75, 3.05) is 0 Å². The zero-order valence-corrected chi connectivity index (χ0v) is 30.9. The molecule has 0 radical (unpaired) electrons. The number of carbonyl (C=O) groups excluding carboxylic acids is 4. The van der Waals surface area contributed by atoms with Crippen LogP contribution < -0.4 is 5.73 Å². The summed E-state index contributed by atoms with van der Waals surface area (Å²) >= 11 is 0. The van der Waals surface area contributed by atoms with Gasteiger partial charge in [-0.15, -0.1) is 0 Å². The van der Waals surface area contributed by atoms with Gasteiger partial charge in [-0.05, 0) is 58.8 Å². The Bertz CT molecular complexity index is 1590. The van der Waals surface area contributed by atoms with Crippen LogP contribution in [0.5, 0.6) is 0 Å². The molecule has 14 heteroatoms. The molecule has 8 fully saturated rings. The van der Waals surface area contributed by atoms with E-state index in [1.54, 1.807) is 27.7 Å². The van der Waals surface area contributed by atoms with Crippen molar-refractivity contribution in [3.05, 3.63) is 0 Å². The predicted molar refractivity (Wildman–Crippen MR) is 172 cm³/mol. The Morgan fingerprint density at radius 2 is 1.53 bits per heavy atom. The summed E-state index contributed by atoms with van der Waals surface area (Å²) in [7, 11) is 0. The minimum Gasteiger partial charge on any atom is -0.460 e. The van der Waals surface area contributed by atoms with Crippen molar-refractivity contribution in [3.8, 4) is 0 Å². The highest BCUT2D eigenvalue weighted by molar-refractivity contribution is 5.84. The van der Waals surface area contributed by atoms with Crippen molar-refractivity contribution in [2.24, 2.45) is 68.8 Å². The molecule has 3 heterocycles. The van der Waals surface area contributed by atoms with E-state index in [1.165, 1.54) is 20.8 Å².